The average molecular weight is 315 g/mol. The van der Waals surface area contributed by atoms with Gasteiger partial charge in [0.25, 0.3) is 0 Å². The van der Waals surface area contributed by atoms with Gasteiger partial charge >= 0.3 is 0 Å². The molecular formula is C10H5Br2NO. The second kappa shape index (κ2) is 3.76. The molecule has 0 aliphatic heterocycles. The summed E-state index contributed by atoms with van der Waals surface area (Å²) in [5.74, 6) is 0.352. The van der Waals surface area contributed by atoms with Crippen molar-refractivity contribution in [2.24, 2.45) is 0 Å². The zero-order valence-corrected chi connectivity index (χ0v) is 10.2. The number of benzene rings is 1. The number of rotatable bonds is 1. The fourth-order valence-electron chi connectivity index (χ4n) is 1.37. The normalized spacial score (nSPS) is 10.7. The molecule has 0 aliphatic carbocycles. The lowest BCUT2D eigenvalue weighted by Crippen LogP contribution is -1.81. The number of halogens is 2. The zero-order valence-electron chi connectivity index (χ0n) is 7.00. The minimum Gasteiger partial charge on any atom is -0.445 e. The van der Waals surface area contributed by atoms with E-state index in [9.17, 15) is 0 Å². The van der Waals surface area contributed by atoms with Crippen LogP contribution in [0, 0.1) is 11.3 Å². The molecule has 0 N–H and O–H groups in total. The smallest absolute Gasteiger partial charge is 0.209 e. The van der Waals surface area contributed by atoms with Crippen molar-refractivity contribution in [3.8, 4) is 6.07 Å². The highest BCUT2D eigenvalue weighted by Crippen LogP contribution is 2.38. The minimum atomic E-state index is -0.0618. The third-order valence-corrected chi connectivity index (χ3v) is 2.87. The molecule has 2 aromatic rings. The number of hydrogen-bond donors (Lipinski definition) is 0. The van der Waals surface area contributed by atoms with E-state index >= 15 is 0 Å². The molecule has 4 heteroatoms. The van der Waals surface area contributed by atoms with E-state index in [4.69, 9.17) is 9.68 Å². The lowest BCUT2D eigenvalue weighted by atomic mass is 10.1. The summed E-state index contributed by atoms with van der Waals surface area (Å²) in [5, 5.41) is 9.84. The van der Waals surface area contributed by atoms with Gasteiger partial charge in [-0.15, -0.1) is 0 Å². The van der Waals surface area contributed by atoms with Gasteiger partial charge in [0.1, 0.15) is 11.7 Å². The standard InChI is InChI=1S/C10H5Br2NO/c11-10(12)9-6-3-1-2-4-7(6)14-8(9)5-13/h1-4,10H. The first-order valence-electron chi connectivity index (χ1n) is 3.93. The van der Waals surface area contributed by atoms with Crippen molar-refractivity contribution in [2.75, 3.05) is 0 Å². The van der Waals surface area contributed by atoms with Gasteiger partial charge in [-0.1, -0.05) is 50.1 Å². The molecule has 0 spiro atoms. The monoisotopic (exact) mass is 313 g/mol. The predicted octanol–water partition coefficient (Wildman–Crippen LogP) is 4.09. The summed E-state index contributed by atoms with van der Waals surface area (Å²) >= 11 is 6.76. The maximum atomic E-state index is 8.88. The van der Waals surface area contributed by atoms with Crippen LogP contribution in [0.4, 0.5) is 0 Å². The number of fused-ring (bicyclic) bond motifs is 1. The molecule has 70 valence electrons. The molecule has 14 heavy (non-hydrogen) atoms. The summed E-state index contributed by atoms with van der Waals surface area (Å²) in [7, 11) is 0. The van der Waals surface area contributed by atoms with E-state index in [1.807, 2.05) is 30.3 Å². The average Bonchev–Trinajstić information content (AvgIpc) is 2.55. The lowest BCUT2D eigenvalue weighted by Gasteiger charge is -1.97. The summed E-state index contributed by atoms with van der Waals surface area (Å²) in [6.07, 6.45) is 0. The Kier molecular flexibility index (Phi) is 2.62. The summed E-state index contributed by atoms with van der Waals surface area (Å²) in [6.45, 7) is 0. The Morgan fingerprint density at radius 1 is 1.29 bits per heavy atom. The Bertz CT molecular complexity index is 510. The quantitative estimate of drug-likeness (QED) is 0.743. The number of alkyl halides is 2. The fourth-order valence-corrected chi connectivity index (χ4v) is 2.27. The van der Waals surface area contributed by atoms with Crippen LogP contribution in [0.25, 0.3) is 11.0 Å². The first-order chi connectivity index (χ1) is 6.74. The van der Waals surface area contributed by atoms with Crippen molar-refractivity contribution in [3.63, 3.8) is 0 Å². The SMILES string of the molecule is N#Cc1oc2ccccc2c1C(Br)Br. The number of nitriles is 1. The van der Waals surface area contributed by atoms with Crippen LogP contribution in [0.5, 0.6) is 0 Å². The molecule has 1 heterocycles. The third kappa shape index (κ3) is 1.47. The predicted molar refractivity (Wildman–Crippen MR) is 61.5 cm³/mol. The van der Waals surface area contributed by atoms with Crippen molar-refractivity contribution in [1.82, 2.24) is 0 Å². The van der Waals surface area contributed by atoms with Crippen LogP contribution < -0.4 is 0 Å². The Morgan fingerprint density at radius 3 is 2.64 bits per heavy atom. The molecule has 0 unspecified atom stereocenters. The van der Waals surface area contributed by atoms with E-state index in [-0.39, 0.29) is 3.74 Å². The van der Waals surface area contributed by atoms with Gasteiger partial charge in [0, 0.05) is 10.9 Å². The van der Waals surface area contributed by atoms with E-state index in [1.165, 1.54) is 0 Å². The van der Waals surface area contributed by atoms with E-state index in [1.54, 1.807) is 0 Å². The van der Waals surface area contributed by atoms with Crippen LogP contribution in [0.3, 0.4) is 0 Å². The van der Waals surface area contributed by atoms with Crippen LogP contribution in [0.15, 0.2) is 28.7 Å². The molecule has 0 amide bonds. The first-order valence-corrected chi connectivity index (χ1v) is 5.77. The second-order valence-corrected chi connectivity index (χ2v) is 5.81. The van der Waals surface area contributed by atoms with E-state index in [2.05, 4.69) is 31.9 Å². The largest absolute Gasteiger partial charge is 0.445 e. The highest BCUT2D eigenvalue weighted by Gasteiger charge is 2.17. The first kappa shape index (κ1) is 9.75. The molecule has 0 radical (unpaired) electrons. The second-order valence-electron chi connectivity index (χ2n) is 2.75. The van der Waals surface area contributed by atoms with Gasteiger partial charge < -0.3 is 4.42 Å². The van der Waals surface area contributed by atoms with Crippen LogP contribution in [-0.4, -0.2) is 0 Å². The van der Waals surface area contributed by atoms with Gasteiger partial charge in [0.05, 0.1) is 3.74 Å². The minimum absolute atomic E-state index is 0.0618. The summed E-state index contributed by atoms with van der Waals surface area (Å²) in [4.78, 5) is 0. The molecule has 0 aliphatic rings. The highest BCUT2D eigenvalue weighted by molar-refractivity contribution is 9.24. The topological polar surface area (TPSA) is 36.9 Å². The summed E-state index contributed by atoms with van der Waals surface area (Å²) < 4.78 is 5.33. The molecule has 0 atom stereocenters. The molecule has 0 saturated carbocycles. The Hall–Kier alpha value is -0.790. The molecule has 1 aromatic carbocycles. The van der Waals surface area contributed by atoms with Crippen molar-refractivity contribution in [1.29, 1.82) is 5.26 Å². The van der Waals surface area contributed by atoms with Gasteiger partial charge in [0.15, 0.2) is 0 Å². The molecule has 2 rings (SSSR count). The van der Waals surface area contributed by atoms with E-state index < -0.39 is 0 Å². The summed E-state index contributed by atoms with van der Waals surface area (Å²) in [6, 6.07) is 9.63. The van der Waals surface area contributed by atoms with Crippen molar-refractivity contribution < 1.29 is 4.42 Å². The third-order valence-electron chi connectivity index (χ3n) is 1.95. The van der Waals surface area contributed by atoms with Gasteiger partial charge in [0.2, 0.25) is 5.76 Å². The van der Waals surface area contributed by atoms with Gasteiger partial charge in [-0.3, -0.25) is 0 Å². The maximum absolute atomic E-state index is 8.88. The van der Waals surface area contributed by atoms with Gasteiger partial charge in [-0.05, 0) is 6.07 Å². The molecule has 0 bridgehead atoms. The lowest BCUT2D eigenvalue weighted by molar-refractivity contribution is 0.596. The fraction of sp³-hybridized carbons (Fsp3) is 0.100. The zero-order chi connectivity index (χ0) is 10.1. The van der Waals surface area contributed by atoms with Crippen LogP contribution in [0.2, 0.25) is 0 Å². The Labute approximate surface area is 97.8 Å². The molecule has 2 nitrogen and oxygen atoms in total. The van der Waals surface area contributed by atoms with Gasteiger partial charge in [-0.25, -0.2) is 0 Å². The van der Waals surface area contributed by atoms with Crippen LogP contribution in [0.1, 0.15) is 15.1 Å². The molecule has 0 fully saturated rings. The molecule has 0 saturated heterocycles. The number of furan rings is 1. The number of para-hydroxylation sites is 1. The van der Waals surface area contributed by atoms with Crippen molar-refractivity contribution in [3.05, 3.63) is 35.6 Å². The maximum Gasteiger partial charge on any atom is 0.209 e. The van der Waals surface area contributed by atoms with E-state index in [0.717, 1.165) is 16.5 Å². The number of nitrogens with zero attached hydrogens (tertiary/aromatic N) is 1. The van der Waals surface area contributed by atoms with E-state index in [0.29, 0.717) is 5.76 Å². The van der Waals surface area contributed by atoms with Crippen LogP contribution in [-0.2, 0) is 0 Å². The number of hydrogen-bond acceptors (Lipinski definition) is 2. The van der Waals surface area contributed by atoms with Crippen LogP contribution >= 0.6 is 31.9 Å². The van der Waals surface area contributed by atoms with Crippen molar-refractivity contribution >= 4 is 42.8 Å². The Morgan fingerprint density at radius 2 is 2.00 bits per heavy atom. The highest BCUT2D eigenvalue weighted by atomic mass is 79.9. The molecule has 1 aromatic heterocycles. The van der Waals surface area contributed by atoms with Crippen molar-refractivity contribution in [2.45, 2.75) is 3.74 Å². The Balaban J connectivity index is 2.83. The van der Waals surface area contributed by atoms with Gasteiger partial charge in [-0.2, -0.15) is 5.26 Å². The molecular weight excluding hydrogens is 310 g/mol. The summed E-state index contributed by atoms with van der Waals surface area (Å²) in [5.41, 5.74) is 1.59.